The second-order valence-electron chi connectivity index (χ2n) is 6.62. The molecule has 0 unspecified atom stereocenters. The number of alkyl halides is 3. The molecule has 1 heterocycles. The van der Waals surface area contributed by atoms with Crippen molar-refractivity contribution in [2.75, 3.05) is 7.05 Å². The Morgan fingerprint density at radius 3 is 2.74 bits per heavy atom. The number of likely N-dealkylation sites (N-methyl/N-ethyl adjacent to an activating group) is 1. The van der Waals surface area contributed by atoms with Gasteiger partial charge < -0.3 is 9.47 Å². The zero-order chi connectivity index (χ0) is 19.8. The number of carbonyl (C=O) groups is 1. The summed E-state index contributed by atoms with van der Waals surface area (Å²) in [7, 11) is 1.61. The van der Waals surface area contributed by atoms with Crippen molar-refractivity contribution < 1.29 is 18.0 Å². The minimum absolute atomic E-state index is 0.167. The van der Waals surface area contributed by atoms with E-state index in [0.717, 1.165) is 35.0 Å². The Labute approximate surface area is 159 Å². The Hall–Kier alpha value is -2.28. The molecule has 0 bridgehead atoms. The molecule has 0 spiro atoms. The van der Waals surface area contributed by atoms with Crippen LogP contribution in [0.15, 0.2) is 41.3 Å². The zero-order valence-electron chi connectivity index (χ0n) is 14.6. The fourth-order valence-corrected chi connectivity index (χ4v) is 3.66. The van der Waals surface area contributed by atoms with Crippen LogP contribution in [0.2, 0.25) is 5.02 Å². The van der Waals surface area contributed by atoms with Crippen LogP contribution < -0.4 is 5.56 Å². The Morgan fingerprint density at radius 1 is 1.33 bits per heavy atom. The van der Waals surface area contributed by atoms with Crippen LogP contribution in [-0.2, 0) is 23.9 Å². The first kappa shape index (κ1) is 19.5. The lowest BCUT2D eigenvalue weighted by atomic mass is 9.87. The number of nitrogens with zero attached hydrogens (tertiary/aromatic N) is 2. The smallest absolute Gasteiger partial charge is 0.337 e. The van der Waals surface area contributed by atoms with Crippen molar-refractivity contribution in [3.63, 3.8) is 0 Å². The molecule has 0 fully saturated rings. The maximum Gasteiger partial charge on any atom is 0.417 e. The highest BCUT2D eigenvalue weighted by Gasteiger charge is 2.33. The van der Waals surface area contributed by atoms with Crippen LogP contribution in [-0.4, -0.2) is 22.4 Å². The third-order valence-corrected chi connectivity index (χ3v) is 5.14. The van der Waals surface area contributed by atoms with Crippen molar-refractivity contribution in [1.29, 1.82) is 0 Å². The fourth-order valence-electron chi connectivity index (χ4n) is 3.43. The number of benzene rings is 1. The highest BCUT2D eigenvalue weighted by Crippen LogP contribution is 2.34. The van der Waals surface area contributed by atoms with Gasteiger partial charge in [-0.05, 0) is 36.5 Å². The van der Waals surface area contributed by atoms with Crippen LogP contribution in [0.3, 0.4) is 0 Å². The fraction of sp³-hybridized carbons (Fsp3) is 0.368. The third kappa shape index (κ3) is 4.03. The summed E-state index contributed by atoms with van der Waals surface area (Å²) < 4.78 is 39.6. The molecule has 0 aliphatic heterocycles. The lowest BCUT2D eigenvalue weighted by molar-refractivity contribution is -0.139. The molecule has 1 aliphatic rings. The Balaban J connectivity index is 1.86. The number of hydrogen-bond donors (Lipinski definition) is 0. The van der Waals surface area contributed by atoms with Gasteiger partial charge in [-0.1, -0.05) is 35.9 Å². The third-order valence-electron chi connectivity index (χ3n) is 4.87. The van der Waals surface area contributed by atoms with E-state index >= 15 is 0 Å². The number of fused-ring (bicyclic) bond motifs is 1. The predicted molar refractivity (Wildman–Crippen MR) is 95.6 cm³/mol. The average molecular weight is 399 g/mol. The van der Waals surface area contributed by atoms with Crippen LogP contribution in [0.4, 0.5) is 13.2 Å². The maximum absolute atomic E-state index is 13.0. The minimum atomic E-state index is -4.66. The van der Waals surface area contributed by atoms with Gasteiger partial charge in [0.15, 0.2) is 0 Å². The molecular formula is C19H18ClF3N2O2. The molecule has 3 rings (SSSR count). The van der Waals surface area contributed by atoms with Crippen molar-refractivity contribution >= 4 is 17.5 Å². The molecule has 1 aliphatic carbocycles. The predicted octanol–water partition coefficient (Wildman–Crippen LogP) is 4.06. The Kier molecular flexibility index (Phi) is 5.33. The molecule has 4 nitrogen and oxygen atoms in total. The normalized spacial score (nSPS) is 16.7. The summed E-state index contributed by atoms with van der Waals surface area (Å²) in [5.41, 5.74) is 0.308. The van der Waals surface area contributed by atoms with Gasteiger partial charge in [0, 0.05) is 13.2 Å². The number of pyridine rings is 1. The maximum atomic E-state index is 13.0. The highest BCUT2D eigenvalue weighted by atomic mass is 35.5. The number of rotatable bonds is 3. The minimum Gasteiger partial charge on any atom is -0.337 e. The molecule has 0 N–H and O–H groups in total. The lowest BCUT2D eigenvalue weighted by Gasteiger charge is -2.33. The molecule has 27 heavy (non-hydrogen) atoms. The largest absolute Gasteiger partial charge is 0.417 e. The molecule has 0 saturated heterocycles. The summed E-state index contributed by atoms with van der Waals surface area (Å²) in [6.45, 7) is -0.502. The molecule has 144 valence electrons. The van der Waals surface area contributed by atoms with Gasteiger partial charge in [-0.15, -0.1) is 0 Å². The molecule has 8 heteroatoms. The van der Waals surface area contributed by atoms with E-state index in [0.29, 0.717) is 12.3 Å². The number of hydrogen-bond acceptors (Lipinski definition) is 2. The standard InChI is InChI=1S/C19H18ClF3N2O2/c1-24(16-8-4-6-12-5-2-3-7-14(12)16)17(26)11-25-10-13(19(21,22)23)9-15(20)18(25)27/h2-3,5,7,9-10,16H,4,6,8,11H2,1H3/t16-/m0/s1. The number of carbonyl (C=O) groups excluding carboxylic acids is 1. The quantitative estimate of drug-likeness (QED) is 0.782. The zero-order valence-corrected chi connectivity index (χ0v) is 15.3. The number of aryl methyl sites for hydroxylation is 1. The molecule has 0 radical (unpaired) electrons. The second kappa shape index (κ2) is 7.38. The van der Waals surface area contributed by atoms with E-state index in [1.165, 1.54) is 4.90 Å². The number of halogens is 4. The van der Waals surface area contributed by atoms with Gasteiger partial charge in [0.2, 0.25) is 5.91 Å². The van der Waals surface area contributed by atoms with Gasteiger partial charge in [-0.3, -0.25) is 9.59 Å². The molecule has 1 amide bonds. The van der Waals surface area contributed by atoms with Gasteiger partial charge in [0.05, 0.1) is 11.6 Å². The van der Waals surface area contributed by atoms with E-state index in [4.69, 9.17) is 11.6 Å². The first-order chi connectivity index (χ1) is 12.7. The van der Waals surface area contributed by atoms with Crippen molar-refractivity contribution in [1.82, 2.24) is 9.47 Å². The highest BCUT2D eigenvalue weighted by molar-refractivity contribution is 6.30. The van der Waals surface area contributed by atoms with Gasteiger partial charge >= 0.3 is 6.18 Å². The number of amides is 1. The monoisotopic (exact) mass is 398 g/mol. The van der Waals surface area contributed by atoms with E-state index in [-0.39, 0.29) is 6.04 Å². The van der Waals surface area contributed by atoms with Crippen LogP contribution in [0.25, 0.3) is 0 Å². The summed E-state index contributed by atoms with van der Waals surface area (Å²) in [6, 6.07) is 8.21. The van der Waals surface area contributed by atoms with Crippen LogP contribution >= 0.6 is 11.6 Å². The van der Waals surface area contributed by atoms with Gasteiger partial charge in [-0.2, -0.15) is 13.2 Å². The van der Waals surface area contributed by atoms with Crippen LogP contribution in [0.1, 0.15) is 35.6 Å². The van der Waals surface area contributed by atoms with Crippen molar-refractivity contribution in [2.45, 2.75) is 38.0 Å². The molecule has 1 aromatic carbocycles. The molecule has 1 aromatic heterocycles. The molecule has 1 atom stereocenters. The van der Waals surface area contributed by atoms with E-state index < -0.39 is 34.8 Å². The summed E-state index contributed by atoms with van der Waals surface area (Å²) in [4.78, 5) is 26.3. The summed E-state index contributed by atoms with van der Waals surface area (Å²) in [6.07, 6.45) is -1.42. The van der Waals surface area contributed by atoms with Crippen molar-refractivity contribution in [3.05, 3.63) is 68.6 Å². The average Bonchev–Trinajstić information content (AvgIpc) is 2.63. The van der Waals surface area contributed by atoms with E-state index in [1.807, 2.05) is 24.3 Å². The summed E-state index contributed by atoms with van der Waals surface area (Å²) in [5, 5.41) is -0.566. The summed E-state index contributed by atoms with van der Waals surface area (Å²) in [5.74, 6) is -0.450. The van der Waals surface area contributed by atoms with E-state index in [9.17, 15) is 22.8 Å². The first-order valence-electron chi connectivity index (χ1n) is 8.49. The van der Waals surface area contributed by atoms with E-state index in [1.54, 1.807) is 7.05 Å². The topological polar surface area (TPSA) is 42.3 Å². The van der Waals surface area contributed by atoms with Crippen molar-refractivity contribution in [2.24, 2.45) is 0 Å². The Morgan fingerprint density at radius 2 is 2.04 bits per heavy atom. The van der Waals surface area contributed by atoms with Gasteiger partial charge in [0.1, 0.15) is 11.6 Å². The number of aromatic nitrogens is 1. The van der Waals surface area contributed by atoms with Crippen LogP contribution in [0.5, 0.6) is 0 Å². The SMILES string of the molecule is CN(C(=O)Cn1cc(C(F)(F)F)cc(Cl)c1=O)[C@H]1CCCc2ccccc21. The molecular weight excluding hydrogens is 381 g/mol. The van der Waals surface area contributed by atoms with Crippen LogP contribution in [0, 0.1) is 0 Å². The van der Waals surface area contributed by atoms with E-state index in [2.05, 4.69) is 0 Å². The first-order valence-corrected chi connectivity index (χ1v) is 8.87. The molecule has 2 aromatic rings. The molecule has 0 saturated carbocycles. The second-order valence-corrected chi connectivity index (χ2v) is 7.03. The Bertz CT molecular complexity index is 924. The van der Waals surface area contributed by atoms with Gasteiger partial charge in [0.25, 0.3) is 5.56 Å². The van der Waals surface area contributed by atoms with Gasteiger partial charge in [-0.25, -0.2) is 0 Å². The lowest BCUT2D eigenvalue weighted by Crippen LogP contribution is -2.38. The summed E-state index contributed by atoms with van der Waals surface area (Å²) >= 11 is 5.65. The van der Waals surface area contributed by atoms with Crippen molar-refractivity contribution in [3.8, 4) is 0 Å².